The van der Waals surface area contributed by atoms with Crippen molar-refractivity contribution in [3.05, 3.63) is 23.3 Å². The Labute approximate surface area is 78.8 Å². The summed E-state index contributed by atoms with van der Waals surface area (Å²) in [4.78, 5) is 20.9. The average Bonchev–Trinajstić information content (AvgIpc) is 2.02. The fraction of sp³-hybridized carbons (Fsp3) is 0. The molecule has 0 saturated carbocycles. The van der Waals surface area contributed by atoms with E-state index >= 15 is 0 Å². The molecule has 0 aliphatic heterocycles. The highest BCUT2D eigenvalue weighted by Crippen LogP contribution is 2.19. The number of nitrogens with two attached hydrogens (primary N) is 2. The van der Waals surface area contributed by atoms with Crippen LogP contribution in [0.3, 0.4) is 0 Å². The van der Waals surface area contributed by atoms with Crippen LogP contribution in [0.5, 0.6) is 0 Å². The van der Waals surface area contributed by atoms with Crippen molar-refractivity contribution in [1.29, 1.82) is 0 Å². The van der Waals surface area contributed by atoms with Gasteiger partial charge in [-0.25, -0.2) is 0 Å². The van der Waals surface area contributed by atoms with E-state index in [1.807, 2.05) is 0 Å². The first-order chi connectivity index (χ1) is 6.43. The lowest BCUT2D eigenvalue weighted by Crippen LogP contribution is -2.27. The number of nitrogen functional groups attached to an aromatic ring is 2. The summed E-state index contributed by atoms with van der Waals surface area (Å²) >= 11 is 0. The summed E-state index contributed by atoms with van der Waals surface area (Å²) in [5, 5.41) is 20.9. The minimum Gasteiger partial charge on any atom is -0.545 e. The van der Waals surface area contributed by atoms with Crippen LogP contribution in [0.15, 0.2) is 12.1 Å². The number of carbonyl (C=O) groups excluding carboxylic acids is 2. The molecule has 0 saturated heterocycles. The zero-order chi connectivity index (χ0) is 10.9. The number of rotatable bonds is 2. The lowest BCUT2D eigenvalue weighted by atomic mass is 10.1. The second-order valence-corrected chi connectivity index (χ2v) is 2.60. The van der Waals surface area contributed by atoms with Crippen LogP contribution in [0, 0.1) is 0 Å². The highest BCUT2D eigenvalue weighted by atomic mass is 16.4. The van der Waals surface area contributed by atoms with E-state index in [2.05, 4.69) is 0 Å². The normalized spacial score (nSPS) is 9.71. The van der Waals surface area contributed by atoms with Gasteiger partial charge in [-0.05, 0) is 12.1 Å². The Bertz CT molecular complexity index is 379. The van der Waals surface area contributed by atoms with E-state index in [4.69, 9.17) is 11.5 Å². The maximum atomic E-state index is 10.5. The first-order valence-corrected chi connectivity index (χ1v) is 3.55. The quantitative estimate of drug-likeness (QED) is 0.503. The maximum Gasteiger partial charge on any atom is 0.0736 e. The third-order valence-corrected chi connectivity index (χ3v) is 1.66. The van der Waals surface area contributed by atoms with Gasteiger partial charge in [0.15, 0.2) is 0 Å². The number of aromatic carboxylic acids is 2. The third kappa shape index (κ3) is 1.58. The van der Waals surface area contributed by atoms with Crippen LogP contribution < -0.4 is 21.7 Å². The highest BCUT2D eigenvalue weighted by Gasteiger charge is 2.07. The van der Waals surface area contributed by atoms with E-state index in [1.165, 1.54) is 0 Å². The van der Waals surface area contributed by atoms with Gasteiger partial charge in [-0.2, -0.15) is 0 Å². The average molecular weight is 194 g/mol. The first kappa shape index (κ1) is 9.85. The van der Waals surface area contributed by atoms with Crippen LogP contribution in [-0.2, 0) is 0 Å². The van der Waals surface area contributed by atoms with Gasteiger partial charge in [0.2, 0.25) is 0 Å². The van der Waals surface area contributed by atoms with Crippen molar-refractivity contribution in [3.63, 3.8) is 0 Å². The van der Waals surface area contributed by atoms with E-state index in [0.717, 1.165) is 12.1 Å². The molecule has 74 valence electrons. The van der Waals surface area contributed by atoms with Crippen LogP contribution in [0.2, 0.25) is 0 Å². The molecule has 0 aliphatic rings. The van der Waals surface area contributed by atoms with Gasteiger partial charge in [-0.15, -0.1) is 0 Å². The van der Waals surface area contributed by atoms with Crippen LogP contribution in [0.1, 0.15) is 20.7 Å². The Morgan fingerprint density at radius 3 is 1.57 bits per heavy atom. The molecule has 0 bridgehead atoms. The molecule has 0 fully saturated rings. The highest BCUT2D eigenvalue weighted by molar-refractivity contribution is 6.00. The lowest BCUT2D eigenvalue weighted by Gasteiger charge is -2.12. The van der Waals surface area contributed by atoms with Crippen LogP contribution >= 0.6 is 0 Å². The number of hydrogen-bond donors (Lipinski definition) is 2. The smallest absolute Gasteiger partial charge is 0.0736 e. The zero-order valence-electron chi connectivity index (χ0n) is 6.94. The Hall–Kier alpha value is -2.24. The molecular formula is C8H6N2O4-2. The molecule has 1 aromatic rings. The molecule has 4 N–H and O–H groups in total. The van der Waals surface area contributed by atoms with Crippen LogP contribution in [0.4, 0.5) is 11.4 Å². The summed E-state index contributed by atoms with van der Waals surface area (Å²) in [6.07, 6.45) is 0. The number of carboxylic acids is 2. The van der Waals surface area contributed by atoms with Gasteiger partial charge in [0.25, 0.3) is 0 Å². The van der Waals surface area contributed by atoms with Crippen molar-refractivity contribution in [2.24, 2.45) is 0 Å². The van der Waals surface area contributed by atoms with Crippen molar-refractivity contribution < 1.29 is 19.8 Å². The summed E-state index contributed by atoms with van der Waals surface area (Å²) in [6, 6.07) is 1.85. The zero-order valence-corrected chi connectivity index (χ0v) is 6.94. The van der Waals surface area contributed by atoms with E-state index in [-0.39, 0.29) is 11.4 Å². The van der Waals surface area contributed by atoms with Gasteiger partial charge < -0.3 is 31.3 Å². The molecule has 0 aromatic heterocycles. The van der Waals surface area contributed by atoms with E-state index < -0.39 is 23.1 Å². The molecule has 0 heterocycles. The standard InChI is InChI=1S/C8H8N2O4/c9-5-2-6(10)4(8(13)14)1-3(5)7(11)12/h1-2H,9-10H2,(H,11,12)(H,13,14)/p-2. The van der Waals surface area contributed by atoms with E-state index in [9.17, 15) is 19.8 Å². The SMILES string of the molecule is Nc1cc(N)c(C(=O)[O-])cc1C(=O)[O-]. The molecule has 0 atom stereocenters. The number of hydrogen-bond acceptors (Lipinski definition) is 6. The van der Waals surface area contributed by atoms with Gasteiger partial charge in [0.05, 0.1) is 11.9 Å². The molecule has 1 rings (SSSR count). The van der Waals surface area contributed by atoms with Gasteiger partial charge in [-0.3, -0.25) is 0 Å². The summed E-state index contributed by atoms with van der Waals surface area (Å²) in [5.41, 5.74) is 9.43. The van der Waals surface area contributed by atoms with Crippen molar-refractivity contribution in [2.75, 3.05) is 11.5 Å². The minimum absolute atomic E-state index is 0.146. The molecule has 0 radical (unpaired) electrons. The lowest BCUT2D eigenvalue weighted by molar-refractivity contribution is -0.255. The summed E-state index contributed by atoms with van der Waals surface area (Å²) < 4.78 is 0. The van der Waals surface area contributed by atoms with E-state index in [0.29, 0.717) is 0 Å². The first-order valence-electron chi connectivity index (χ1n) is 3.55. The predicted molar refractivity (Wildman–Crippen MR) is 43.9 cm³/mol. The summed E-state index contributed by atoms with van der Waals surface area (Å²) in [5.74, 6) is -3.13. The Morgan fingerprint density at radius 1 is 0.929 bits per heavy atom. The van der Waals surface area contributed by atoms with Crippen molar-refractivity contribution >= 4 is 23.3 Å². The molecule has 0 aliphatic carbocycles. The minimum atomic E-state index is -1.56. The molecule has 6 nitrogen and oxygen atoms in total. The molecule has 6 heteroatoms. The third-order valence-electron chi connectivity index (χ3n) is 1.66. The topological polar surface area (TPSA) is 132 Å². The van der Waals surface area contributed by atoms with Crippen LogP contribution in [0.25, 0.3) is 0 Å². The Kier molecular flexibility index (Phi) is 2.29. The maximum absolute atomic E-state index is 10.5. The molecule has 0 spiro atoms. The molecular weight excluding hydrogens is 188 g/mol. The Balaban J connectivity index is 3.42. The molecule has 1 aromatic carbocycles. The number of carboxylic acid groups (broad SMARTS) is 2. The van der Waals surface area contributed by atoms with Crippen molar-refractivity contribution in [2.45, 2.75) is 0 Å². The summed E-state index contributed by atoms with van der Waals surface area (Å²) in [6.45, 7) is 0. The second-order valence-electron chi connectivity index (χ2n) is 2.60. The number of benzene rings is 1. The fourth-order valence-electron chi connectivity index (χ4n) is 0.988. The van der Waals surface area contributed by atoms with Gasteiger partial charge in [-0.1, -0.05) is 0 Å². The van der Waals surface area contributed by atoms with Crippen molar-refractivity contribution in [1.82, 2.24) is 0 Å². The second kappa shape index (κ2) is 3.25. The Morgan fingerprint density at radius 2 is 1.29 bits per heavy atom. The van der Waals surface area contributed by atoms with Crippen LogP contribution in [-0.4, -0.2) is 11.9 Å². The summed E-state index contributed by atoms with van der Waals surface area (Å²) in [7, 11) is 0. The monoisotopic (exact) mass is 194 g/mol. The molecule has 0 unspecified atom stereocenters. The molecule has 14 heavy (non-hydrogen) atoms. The fourth-order valence-corrected chi connectivity index (χ4v) is 0.988. The van der Waals surface area contributed by atoms with Gasteiger partial charge >= 0.3 is 0 Å². The largest absolute Gasteiger partial charge is 0.545 e. The predicted octanol–water partition coefficient (Wildman–Crippen LogP) is -2.42. The van der Waals surface area contributed by atoms with E-state index in [1.54, 1.807) is 0 Å². The number of anilines is 2. The number of carbonyl (C=O) groups is 2. The van der Waals surface area contributed by atoms with Crippen molar-refractivity contribution in [3.8, 4) is 0 Å². The van der Waals surface area contributed by atoms with Gasteiger partial charge in [0, 0.05) is 22.5 Å². The van der Waals surface area contributed by atoms with Gasteiger partial charge in [0.1, 0.15) is 0 Å². The molecule has 0 amide bonds.